The molecule has 5 heteroatoms. The molecule has 2 aliphatic heterocycles. The Morgan fingerprint density at radius 1 is 0.800 bits per heavy atom. The average molecular weight is 806 g/mol. The van der Waals surface area contributed by atoms with Gasteiger partial charge in [-0.15, -0.1) is 0 Å². The lowest BCUT2D eigenvalue weighted by atomic mass is 9.76. The zero-order chi connectivity index (χ0) is 41.9. The van der Waals surface area contributed by atoms with Gasteiger partial charge < -0.3 is 4.42 Å². The van der Waals surface area contributed by atoms with E-state index in [-0.39, 0.29) is 12.0 Å². The number of aromatic nitrogens is 3. The van der Waals surface area contributed by atoms with Crippen molar-refractivity contribution in [3.05, 3.63) is 149 Å². The van der Waals surface area contributed by atoms with E-state index in [1.807, 2.05) is 0 Å². The molecule has 0 fully saturated rings. The van der Waals surface area contributed by atoms with E-state index < -0.39 is 8.07 Å². The summed E-state index contributed by atoms with van der Waals surface area (Å²) in [4.78, 5) is 0. The molecular formula is C55H59N3OSi+2. The van der Waals surface area contributed by atoms with Crippen LogP contribution in [-0.4, -0.2) is 12.6 Å². The number of allylic oxidation sites excluding steroid dienone is 1. The van der Waals surface area contributed by atoms with Crippen LogP contribution in [0.2, 0.25) is 19.6 Å². The van der Waals surface area contributed by atoms with Crippen LogP contribution in [0.5, 0.6) is 0 Å². The number of furan rings is 1. The minimum Gasteiger partial charge on any atom is -0.455 e. The van der Waals surface area contributed by atoms with Gasteiger partial charge in [0.05, 0.1) is 14.5 Å². The van der Waals surface area contributed by atoms with Crippen LogP contribution >= 0.6 is 0 Å². The minimum atomic E-state index is -1.72. The number of rotatable bonds is 4. The summed E-state index contributed by atoms with van der Waals surface area (Å²) >= 11 is 0. The molecule has 4 nitrogen and oxygen atoms in total. The summed E-state index contributed by atoms with van der Waals surface area (Å²) in [6.07, 6.45) is 5.33. The maximum absolute atomic E-state index is 7.05. The Balaban J connectivity index is 1.32. The number of hydrogen-bond donors (Lipinski definition) is 0. The van der Waals surface area contributed by atoms with Crippen molar-refractivity contribution in [2.45, 2.75) is 111 Å². The Bertz CT molecular complexity index is 3050. The van der Waals surface area contributed by atoms with Crippen LogP contribution < -0.4 is 14.3 Å². The van der Waals surface area contributed by atoms with Crippen LogP contribution in [0.1, 0.15) is 103 Å². The second-order valence-corrected chi connectivity index (χ2v) is 24.7. The van der Waals surface area contributed by atoms with E-state index in [2.05, 4.69) is 185 Å². The molecule has 5 aromatic carbocycles. The summed E-state index contributed by atoms with van der Waals surface area (Å²) in [5.41, 5.74) is 19.9. The average Bonchev–Trinajstić information content (AvgIpc) is 3.75. The molecule has 0 saturated heterocycles. The summed E-state index contributed by atoms with van der Waals surface area (Å²) in [5, 5.41) is 3.87. The monoisotopic (exact) mass is 805 g/mol. The number of nitrogens with zero attached hydrogens (tertiary/aromatic N) is 3. The fraction of sp³-hybridized carbons (Fsp3) is 0.309. The molecule has 2 unspecified atom stereocenters. The first kappa shape index (κ1) is 38.7. The van der Waals surface area contributed by atoms with E-state index in [1.54, 1.807) is 5.19 Å². The van der Waals surface area contributed by atoms with Crippen LogP contribution in [-0.2, 0) is 6.42 Å². The van der Waals surface area contributed by atoms with Crippen molar-refractivity contribution in [3.63, 3.8) is 0 Å². The van der Waals surface area contributed by atoms with Gasteiger partial charge in [0, 0.05) is 33.5 Å². The molecule has 0 aliphatic carbocycles. The Labute approximate surface area is 356 Å². The lowest BCUT2D eigenvalue weighted by Crippen LogP contribution is -2.54. The molecule has 2 aliphatic rings. The van der Waals surface area contributed by atoms with E-state index in [4.69, 9.17) is 11.0 Å². The number of aryl methyl sites for hydroxylation is 4. The number of hydrogen-bond acceptors (Lipinski definition) is 1. The molecule has 0 saturated carbocycles. The predicted molar refractivity (Wildman–Crippen MR) is 254 cm³/mol. The Hall–Kier alpha value is -5.52. The molecule has 5 heterocycles. The van der Waals surface area contributed by atoms with E-state index >= 15 is 0 Å². The molecule has 0 bridgehead atoms. The van der Waals surface area contributed by atoms with Gasteiger partial charge in [0.15, 0.2) is 28.9 Å². The van der Waals surface area contributed by atoms with Crippen molar-refractivity contribution in [3.8, 4) is 28.3 Å². The SMILES string of the molecule is C=C1CC2C(CCc3ccc4c(oc5ccccc54)c3-c3n1c1ccccc1[n+]3-c1c(C)cc(C)cc1C)c1cc(C(C)C)ccc1-c1cc(C(C)C)c([Si](C)(C)C)c[n+]12. The molecule has 2 atom stereocenters. The highest BCUT2D eigenvalue weighted by molar-refractivity contribution is 6.89. The largest absolute Gasteiger partial charge is 0.455 e. The first-order valence-corrected chi connectivity index (χ1v) is 25.7. The highest BCUT2D eigenvalue weighted by atomic mass is 28.3. The Morgan fingerprint density at radius 2 is 1.53 bits per heavy atom. The number of imidazole rings is 1. The van der Waals surface area contributed by atoms with Gasteiger partial charge in [0.1, 0.15) is 22.5 Å². The van der Waals surface area contributed by atoms with Crippen LogP contribution in [0.4, 0.5) is 0 Å². The van der Waals surface area contributed by atoms with E-state index in [9.17, 15) is 0 Å². The van der Waals surface area contributed by atoms with E-state index in [0.717, 1.165) is 58.2 Å². The van der Waals surface area contributed by atoms with Gasteiger partial charge in [0.2, 0.25) is 5.69 Å². The first-order valence-electron chi connectivity index (χ1n) is 22.2. The molecule has 0 spiro atoms. The van der Waals surface area contributed by atoms with Crippen LogP contribution in [0, 0.1) is 20.8 Å². The zero-order valence-corrected chi connectivity index (χ0v) is 38.2. The Morgan fingerprint density at radius 3 is 2.27 bits per heavy atom. The molecule has 3 aromatic heterocycles. The topological polar surface area (TPSA) is 25.8 Å². The number of fused-ring (bicyclic) bond motifs is 15. The van der Waals surface area contributed by atoms with Gasteiger partial charge in [-0.2, -0.15) is 13.7 Å². The van der Waals surface area contributed by atoms with Gasteiger partial charge >= 0.3 is 5.82 Å². The van der Waals surface area contributed by atoms with E-state index in [1.165, 1.54) is 67.0 Å². The maximum atomic E-state index is 7.05. The third kappa shape index (κ3) is 5.90. The number of para-hydroxylation sites is 3. The standard InChI is InChI=1S/C55H59N3OSi/c1-32(2)39-22-24-41-45(29-39)40-23-20-38-21-25-43-42-16-12-15-19-50(42)59-54(43)52(38)55-57(46-17-13-14-18-47(46)58(55)53-35(6)26-34(5)27-36(53)7)37(8)28-48(40)56-31-51(60(9,10)11)44(33(3)4)30-49(41)56/h12-19,21-22,24-27,29-33,40,48H,8,20,23,28H2,1-7,9-11H3/q+2. The second-order valence-electron chi connectivity index (χ2n) is 19.6. The van der Waals surface area contributed by atoms with Gasteiger partial charge in [-0.1, -0.05) is 126 Å². The number of benzene rings is 5. The normalized spacial score (nSPS) is 16.6. The molecule has 302 valence electrons. The van der Waals surface area contributed by atoms with Crippen molar-refractivity contribution in [1.29, 1.82) is 0 Å². The molecule has 0 radical (unpaired) electrons. The molecule has 0 N–H and O–H groups in total. The summed E-state index contributed by atoms with van der Waals surface area (Å²) in [6, 6.07) is 37.0. The van der Waals surface area contributed by atoms with Gasteiger partial charge in [0.25, 0.3) is 0 Å². The van der Waals surface area contributed by atoms with Crippen molar-refractivity contribution in [1.82, 2.24) is 4.57 Å². The molecular weight excluding hydrogens is 747 g/mol. The van der Waals surface area contributed by atoms with Crippen molar-refractivity contribution >= 4 is 51.9 Å². The van der Waals surface area contributed by atoms with Crippen molar-refractivity contribution < 1.29 is 13.6 Å². The molecule has 60 heavy (non-hydrogen) atoms. The molecule has 10 rings (SSSR count). The van der Waals surface area contributed by atoms with Crippen LogP contribution in [0.3, 0.4) is 0 Å². The highest BCUT2D eigenvalue weighted by Gasteiger charge is 2.45. The lowest BCUT2D eigenvalue weighted by molar-refractivity contribution is -0.716. The molecule has 0 amide bonds. The molecule has 8 aromatic rings. The third-order valence-corrected chi connectivity index (χ3v) is 15.8. The third-order valence-electron chi connectivity index (χ3n) is 13.8. The maximum Gasteiger partial charge on any atom is 0.304 e. The smallest absolute Gasteiger partial charge is 0.304 e. The summed E-state index contributed by atoms with van der Waals surface area (Å²) in [5.74, 6) is 2.29. The van der Waals surface area contributed by atoms with Crippen molar-refractivity contribution in [2.75, 3.05) is 0 Å². The predicted octanol–water partition coefficient (Wildman–Crippen LogP) is 13.3. The highest BCUT2D eigenvalue weighted by Crippen LogP contribution is 2.48. The zero-order valence-electron chi connectivity index (χ0n) is 37.2. The summed E-state index contributed by atoms with van der Waals surface area (Å²) in [7, 11) is -1.72. The summed E-state index contributed by atoms with van der Waals surface area (Å²) in [6.45, 7) is 28.8. The quantitative estimate of drug-likeness (QED) is 0.128. The van der Waals surface area contributed by atoms with Gasteiger partial charge in [-0.25, -0.2) is 0 Å². The first-order chi connectivity index (χ1) is 28.7. The fourth-order valence-corrected chi connectivity index (χ4v) is 12.8. The van der Waals surface area contributed by atoms with Gasteiger partial charge in [-0.05, 0) is 103 Å². The van der Waals surface area contributed by atoms with Crippen LogP contribution in [0.15, 0.2) is 114 Å². The second kappa shape index (κ2) is 14.0. The fourth-order valence-electron chi connectivity index (χ4n) is 11.0. The lowest BCUT2D eigenvalue weighted by Gasteiger charge is -2.34. The summed E-state index contributed by atoms with van der Waals surface area (Å²) < 4.78 is 14.8. The Kier molecular flexibility index (Phi) is 9.04. The van der Waals surface area contributed by atoms with Crippen molar-refractivity contribution in [2.24, 2.45) is 0 Å². The van der Waals surface area contributed by atoms with E-state index in [0.29, 0.717) is 11.8 Å². The number of pyridine rings is 1. The minimum absolute atomic E-state index is 0.181. The van der Waals surface area contributed by atoms with Gasteiger partial charge in [-0.3, -0.25) is 0 Å². The van der Waals surface area contributed by atoms with Crippen LogP contribution in [0.25, 0.3) is 67.0 Å².